The fourth-order valence-corrected chi connectivity index (χ4v) is 1.57. The van der Waals surface area contributed by atoms with Crippen LogP contribution in [0.15, 0.2) is 24.0 Å². The van der Waals surface area contributed by atoms with Gasteiger partial charge < -0.3 is 9.47 Å². The second kappa shape index (κ2) is 7.45. The van der Waals surface area contributed by atoms with E-state index in [4.69, 9.17) is 16.3 Å². The first kappa shape index (κ1) is 15.9. The Kier molecular flexibility index (Phi) is 6.24. The molecule has 0 aliphatic rings. The fraction of sp³-hybridized carbons (Fsp3) is 0.250. The molecule has 0 amide bonds. The predicted octanol–water partition coefficient (Wildman–Crippen LogP) is 3.84. The number of benzene rings is 1. The molecule has 0 heterocycles. The molecular formula is C12H10BrClF2O3. The summed E-state index contributed by atoms with van der Waals surface area (Å²) in [4.78, 5) is 11.2. The van der Waals surface area contributed by atoms with Crippen LogP contribution in [-0.2, 0) is 9.53 Å². The Labute approximate surface area is 122 Å². The molecule has 0 fully saturated rings. The van der Waals surface area contributed by atoms with Crippen LogP contribution in [0.2, 0.25) is 5.02 Å². The van der Waals surface area contributed by atoms with Gasteiger partial charge in [-0.15, -0.1) is 0 Å². The normalized spacial score (nSPS) is 11.3. The van der Waals surface area contributed by atoms with Gasteiger partial charge in [-0.3, -0.25) is 0 Å². The van der Waals surface area contributed by atoms with E-state index in [1.54, 1.807) is 6.92 Å². The summed E-state index contributed by atoms with van der Waals surface area (Å²) in [5, 5.41) is -0.196. The minimum atomic E-state index is -1.03. The van der Waals surface area contributed by atoms with E-state index >= 15 is 0 Å². The smallest absolute Gasteiger partial charge is 0.334 e. The number of rotatable bonds is 5. The van der Waals surface area contributed by atoms with Crippen molar-refractivity contribution in [2.75, 3.05) is 11.9 Å². The number of esters is 1. The fourth-order valence-electron chi connectivity index (χ4n) is 1.14. The Morgan fingerprint density at radius 3 is 2.74 bits per heavy atom. The number of carbonyl (C=O) groups is 1. The average Bonchev–Trinajstić information content (AvgIpc) is 2.38. The zero-order chi connectivity index (χ0) is 14.4. The number of allylic oxidation sites excluding steroid dienone is 1. The van der Waals surface area contributed by atoms with Crippen molar-refractivity contribution in [3.8, 4) is 5.75 Å². The second-order valence-corrected chi connectivity index (χ2v) is 4.24. The van der Waals surface area contributed by atoms with Crippen molar-refractivity contribution in [2.45, 2.75) is 6.92 Å². The van der Waals surface area contributed by atoms with Gasteiger partial charge in [0.2, 0.25) is 0 Å². The van der Waals surface area contributed by atoms with Crippen LogP contribution in [0.1, 0.15) is 6.92 Å². The maximum absolute atomic E-state index is 13.6. The molecule has 0 saturated heterocycles. The molecule has 1 aromatic rings. The summed E-state index contributed by atoms with van der Waals surface area (Å²) in [6.45, 7) is 1.82. The van der Waals surface area contributed by atoms with Crippen molar-refractivity contribution in [2.24, 2.45) is 0 Å². The molecular weight excluding hydrogens is 345 g/mol. The lowest BCUT2D eigenvalue weighted by atomic mass is 10.3. The highest BCUT2D eigenvalue weighted by molar-refractivity contribution is 9.09. The highest BCUT2D eigenvalue weighted by atomic mass is 79.9. The van der Waals surface area contributed by atoms with Gasteiger partial charge in [-0.2, -0.15) is 0 Å². The number of hydrogen-bond acceptors (Lipinski definition) is 3. The Morgan fingerprint density at radius 2 is 2.16 bits per heavy atom. The molecule has 1 aromatic carbocycles. The maximum Gasteiger partial charge on any atom is 0.334 e. The van der Waals surface area contributed by atoms with Gasteiger partial charge in [-0.05, 0) is 19.1 Å². The molecule has 7 heteroatoms. The van der Waals surface area contributed by atoms with E-state index in [1.807, 2.05) is 0 Å². The van der Waals surface area contributed by atoms with Gasteiger partial charge >= 0.3 is 5.97 Å². The van der Waals surface area contributed by atoms with Crippen molar-refractivity contribution < 1.29 is 23.0 Å². The lowest BCUT2D eigenvalue weighted by Crippen LogP contribution is -2.07. The monoisotopic (exact) mass is 354 g/mol. The largest absolute Gasteiger partial charge is 0.463 e. The Morgan fingerprint density at radius 1 is 1.47 bits per heavy atom. The van der Waals surface area contributed by atoms with Gasteiger partial charge in [-0.1, -0.05) is 27.5 Å². The molecule has 0 aliphatic carbocycles. The number of hydrogen-bond donors (Lipinski definition) is 0. The molecule has 1 rings (SSSR count). The highest BCUT2D eigenvalue weighted by Gasteiger charge is 2.16. The third-order valence-electron chi connectivity index (χ3n) is 1.93. The average molecular weight is 356 g/mol. The van der Waals surface area contributed by atoms with E-state index in [0.717, 1.165) is 18.2 Å². The van der Waals surface area contributed by atoms with Crippen LogP contribution in [0.4, 0.5) is 8.78 Å². The van der Waals surface area contributed by atoms with E-state index in [1.165, 1.54) is 0 Å². The molecule has 0 bridgehead atoms. The van der Waals surface area contributed by atoms with Crippen molar-refractivity contribution in [1.82, 2.24) is 0 Å². The maximum atomic E-state index is 13.6. The number of carbonyl (C=O) groups excluding carboxylic acids is 1. The van der Waals surface area contributed by atoms with Crippen LogP contribution < -0.4 is 4.74 Å². The van der Waals surface area contributed by atoms with Crippen molar-refractivity contribution in [3.05, 3.63) is 40.6 Å². The van der Waals surface area contributed by atoms with Gasteiger partial charge in [-0.25, -0.2) is 13.6 Å². The topological polar surface area (TPSA) is 35.5 Å². The van der Waals surface area contributed by atoms with Crippen molar-refractivity contribution in [1.29, 1.82) is 0 Å². The molecule has 0 atom stereocenters. The third-order valence-corrected chi connectivity index (χ3v) is 2.78. The van der Waals surface area contributed by atoms with E-state index in [-0.39, 0.29) is 22.7 Å². The lowest BCUT2D eigenvalue weighted by Gasteiger charge is -2.10. The molecule has 0 unspecified atom stereocenters. The molecule has 0 saturated carbocycles. The second-order valence-electron chi connectivity index (χ2n) is 3.27. The summed E-state index contributed by atoms with van der Waals surface area (Å²) in [6.07, 6.45) is 0.998. The number of halogens is 4. The summed E-state index contributed by atoms with van der Waals surface area (Å²) in [7, 11) is 0. The zero-order valence-electron chi connectivity index (χ0n) is 9.88. The first-order chi connectivity index (χ1) is 8.99. The minimum absolute atomic E-state index is 0.00137. The minimum Gasteiger partial charge on any atom is -0.463 e. The van der Waals surface area contributed by atoms with Crippen LogP contribution >= 0.6 is 27.5 Å². The summed E-state index contributed by atoms with van der Waals surface area (Å²) in [5.74, 6) is -3.28. The summed E-state index contributed by atoms with van der Waals surface area (Å²) < 4.78 is 36.7. The van der Waals surface area contributed by atoms with E-state index in [9.17, 15) is 13.6 Å². The zero-order valence-corrected chi connectivity index (χ0v) is 12.2. The van der Waals surface area contributed by atoms with Crippen LogP contribution in [0, 0.1) is 11.6 Å². The van der Waals surface area contributed by atoms with E-state index < -0.39 is 23.4 Å². The molecule has 0 N–H and O–H groups in total. The molecule has 0 aromatic heterocycles. The molecule has 19 heavy (non-hydrogen) atoms. The predicted molar refractivity (Wildman–Crippen MR) is 70.5 cm³/mol. The first-order valence-electron chi connectivity index (χ1n) is 5.24. The van der Waals surface area contributed by atoms with Gasteiger partial charge in [0.25, 0.3) is 0 Å². The quantitative estimate of drug-likeness (QED) is 0.265. The molecule has 0 aliphatic heterocycles. The van der Waals surface area contributed by atoms with Gasteiger partial charge in [0, 0.05) is 0 Å². The summed E-state index contributed by atoms with van der Waals surface area (Å²) >= 11 is 8.57. The lowest BCUT2D eigenvalue weighted by molar-refractivity contribution is -0.137. The third kappa shape index (κ3) is 4.47. The van der Waals surface area contributed by atoms with Crippen LogP contribution in [0.3, 0.4) is 0 Å². The van der Waals surface area contributed by atoms with Gasteiger partial charge in [0.1, 0.15) is 5.76 Å². The molecule has 3 nitrogen and oxygen atoms in total. The van der Waals surface area contributed by atoms with Crippen molar-refractivity contribution >= 4 is 33.5 Å². The van der Waals surface area contributed by atoms with Crippen LogP contribution in [-0.4, -0.2) is 17.9 Å². The van der Waals surface area contributed by atoms with Crippen LogP contribution in [0.5, 0.6) is 5.75 Å². The van der Waals surface area contributed by atoms with E-state index in [0.29, 0.717) is 0 Å². The van der Waals surface area contributed by atoms with Crippen molar-refractivity contribution in [3.63, 3.8) is 0 Å². The van der Waals surface area contributed by atoms with Gasteiger partial charge in [0.05, 0.1) is 23.0 Å². The summed E-state index contributed by atoms with van der Waals surface area (Å²) in [6, 6.07) is 2.04. The Bertz CT molecular complexity index is 506. The molecule has 0 spiro atoms. The molecule has 0 radical (unpaired) electrons. The van der Waals surface area contributed by atoms with Crippen LogP contribution in [0.25, 0.3) is 0 Å². The Hall–Kier alpha value is -1.14. The van der Waals surface area contributed by atoms with Gasteiger partial charge in [0.15, 0.2) is 17.4 Å². The van der Waals surface area contributed by atoms with E-state index in [2.05, 4.69) is 20.7 Å². The Balaban J connectivity index is 2.99. The highest BCUT2D eigenvalue weighted by Crippen LogP contribution is 2.29. The number of alkyl halides is 1. The first-order valence-corrected chi connectivity index (χ1v) is 6.74. The molecule has 104 valence electrons. The number of ether oxygens (including phenoxy) is 2. The standard InChI is InChI=1S/C12H10BrClF2O3/c1-2-18-10(17)5-7(6-13)19-12-9(15)4-3-8(14)11(12)16/h3-5H,2,6H2,1H3. The SMILES string of the molecule is CCOC(=O)C=C(CBr)Oc1c(F)ccc(Cl)c1F. The summed E-state index contributed by atoms with van der Waals surface area (Å²) in [5.41, 5.74) is 0.